The van der Waals surface area contributed by atoms with Crippen molar-refractivity contribution in [2.75, 3.05) is 13.1 Å². The number of rotatable bonds is 6. The van der Waals surface area contributed by atoms with Crippen molar-refractivity contribution >= 4 is 5.97 Å². The number of benzene rings is 1. The Labute approximate surface area is 103 Å². The molecule has 0 spiro atoms. The molecule has 1 aromatic carbocycles. The van der Waals surface area contributed by atoms with Crippen molar-refractivity contribution in [2.24, 2.45) is 0 Å². The highest BCUT2D eigenvalue weighted by Gasteiger charge is 2.11. The highest BCUT2D eigenvalue weighted by molar-refractivity contribution is 5.69. The molecule has 17 heavy (non-hydrogen) atoms. The van der Waals surface area contributed by atoms with Crippen LogP contribution < -0.4 is 0 Å². The standard InChI is InChI=1S/C14H21NO2/c1-4-8-15(10-14(16)17)9-13-11(2)6-5-7-12(13)3/h5-7H,4,8-10H2,1-3H3,(H,16,17). The van der Waals surface area contributed by atoms with Crippen LogP contribution in [0.3, 0.4) is 0 Å². The molecule has 1 rings (SSSR count). The van der Waals surface area contributed by atoms with Crippen molar-refractivity contribution in [3.8, 4) is 0 Å². The normalized spacial score (nSPS) is 10.8. The van der Waals surface area contributed by atoms with Gasteiger partial charge in [0.1, 0.15) is 0 Å². The number of carbonyl (C=O) groups is 1. The van der Waals surface area contributed by atoms with E-state index in [1.54, 1.807) is 0 Å². The van der Waals surface area contributed by atoms with Gasteiger partial charge in [0, 0.05) is 6.54 Å². The molecule has 0 fully saturated rings. The van der Waals surface area contributed by atoms with Gasteiger partial charge in [-0.25, -0.2) is 0 Å². The summed E-state index contributed by atoms with van der Waals surface area (Å²) >= 11 is 0. The predicted molar refractivity (Wildman–Crippen MR) is 69.1 cm³/mol. The molecule has 0 saturated heterocycles. The SMILES string of the molecule is CCCN(CC(=O)O)Cc1c(C)cccc1C. The van der Waals surface area contributed by atoms with Crippen molar-refractivity contribution in [2.45, 2.75) is 33.7 Å². The van der Waals surface area contributed by atoms with Crippen LogP contribution in [-0.4, -0.2) is 29.1 Å². The number of carboxylic acid groups (broad SMARTS) is 1. The second kappa shape index (κ2) is 6.40. The second-order valence-electron chi connectivity index (χ2n) is 4.47. The molecule has 0 radical (unpaired) electrons. The molecule has 0 bridgehead atoms. The molecule has 94 valence electrons. The quantitative estimate of drug-likeness (QED) is 0.824. The minimum absolute atomic E-state index is 0.113. The van der Waals surface area contributed by atoms with Gasteiger partial charge in [-0.3, -0.25) is 9.69 Å². The van der Waals surface area contributed by atoms with Crippen LogP contribution in [0.5, 0.6) is 0 Å². The monoisotopic (exact) mass is 235 g/mol. The number of aliphatic carboxylic acids is 1. The number of nitrogens with zero attached hydrogens (tertiary/aromatic N) is 1. The molecule has 0 saturated carbocycles. The summed E-state index contributed by atoms with van der Waals surface area (Å²) in [5, 5.41) is 8.89. The lowest BCUT2D eigenvalue weighted by atomic mass is 10.0. The fourth-order valence-corrected chi connectivity index (χ4v) is 2.04. The molecule has 0 atom stereocenters. The van der Waals surface area contributed by atoms with E-state index in [4.69, 9.17) is 5.11 Å². The van der Waals surface area contributed by atoms with E-state index < -0.39 is 5.97 Å². The molecule has 0 heterocycles. The Bertz CT molecular complexity index is 368. The van der Waals surface area contributed by atoms with E-state index in [2.05, 4.69) is 32.9 Å². The molecule has 1 aromatic rings. The first kappa shape index (κ1) is 13.7. The molecule has 0 amide bonds. The number of carboxylic acids is 1. The van der Waals surface area contributed by atoms with Crippen LogP contribution in [0.25, 0.3) is 0 Å². The Hall–Kier alpha value is -1.35. The highest BCUT2D eigenvalue weighted by Crippen LogP contribution is 2.15. The third kappa shape index (κ3) is 4.19. The highest BCUT2D eigenvalue weighted by atomic mass is 16.4. The average Bonchev–Trinajstić information content (AvgIpc) is 2.23. The Morgan fingerprint density at radius 3 is 2.35 bits per heavy atom. The minimum atomic E-state index is -0.760. The summed E-state index contributed by atoms with van der Waals surface area (Å²) in [4.78, 5) is 12.8. The lowest BCUT2D eigenvalue weighted by molar-refractivity contribution is -0.138. The van der Waals surface area contributed by atoms with Crippen molar-refractivity contribution < 1.29 is 9.90 Å². The maximum Gasteiger partial charge on any atom is 0.317 e. The largest absolute Gasteiger partial charge is 0.480 e. The van der Waals surface area contributed by atoms with Crippen LogP contribution in [-0.2, 0) is 11.3 Å². The van der Waals surface area contributed by atoms with Gasteiger partial charge in [-0.15, -0.1) is 0 Å². The van der Waals surface area contributed by atoms with Gasteiger partial charge in [0.15, 0.2) is 0 Å². The third-order valence-electron chi connectivity index (χ3n) is 2.92. The predicted octanol–water partition coefficient (Wildman–Crippen LogP) is 2.60. The van der Waals surface area contributed by atoms with Crippen molar-refractivity contribution in [3.05, 3.63) is 34.9 Å². The fraction of sp³-hybridized carbons (Fsp3) is 0.500. The Morgan fingerprint density at radius 2 is 1.88 bits per heavy atom. The molecule has 1 N–H and O–H groups in total. The van der Waals surface area contributed by atoms with Gasteiger partial charge in [-0.1, -0.05) is 25.1 Å². The van der Waals surface area contributed by atoms with Gasteiger partial charge in [0.25, 0.3) is 0 Å². The van der Waals surface area contributed by atoms with Crippen LogP contribution in [0.4, 0.5) is 0 Å². The number of hydrogen-bond donors (Lipinski definition) is 1. The van der Waals surface area contributed by atoms with Crippen LogP contribution >= 0.6 is 0 Å². The zero-order valence-corrected chi connectivity index (χ0v) is 10.9. The van der Waals surface area contributed by atoms with Gasteiger partial charge >= 0.3 is 5.97 Å². The lowest BCUT2D eigenvalue weighted by Crippen LogP contribution is -2.30. The minimum Gasteiger partial charge on any atom is -0.480 e. The van der Waals surface area contributed by atoms with E-state index in [1.165, 1.54) is 16.7 Å². The molecule has 3 nitrogen and oxygen atoms in total. The topological polar surface area (TPSA) is 40.5 Å². The molecular weight excluding hydrogens is 214 g/mol. The van der Waals surface area contributed by atoms with Crippen LogP contribution in [0, 0.1) is 13.8 Å². The van der Waals surface area contributed by atoms with Gasteiger partial charge in [0.05, 0.1) is 6.54 Å². The smallest absolute Gasteiger partial charge is 0.317 e. The molecule has 3 heteroatoms. The van der Waals surface area contributed by atoms with Crippen molar-refractivity contribution in [1.82, 2.24) is 4.90 Å². The summed E-state index contributed by atoms with van der Waals surface area (Å²) < 4.78 is 0. The first-order valence-corrected chi connectivity index (χ1v) is 6.03. The van der Waals surface area contributed by atoms with Crippen LogP contribution in [0.2, 0.25) is 0 Å². The van der Waals surface area contributed by atoms with Gasteiger partial charge in [-0.05, 0) is 43.5 Å². The summed E-state index contributed by atoms with van der Waals surface area (Å²) in [5.74, 6) is -0.760. The second-order valence-corrected chi connectivity index (χ2v) is 4.47. The van der Waals surface area contributed by atoms with Crippen molar-refractivity contribution in [1.29, 1.82) is 0 Å². The van der Waals surface area contributed by atoms with Gasteiger partial charge in [0.2, 0.25) is 0 Å². The first-order valence-electron chi connectivity index (χ1n) is 6.03. The third-order valence-corrected chi connectivity index (χ3v) is 2.92. The van der Waals surface area contributed by atoms with Crippen molar-refractivity contribution in [3.63, 3.8) is 0 Å². The van der Waals surface area contributed by atoms with E-state index in [1.807, 2.05) is 11.0 Å². The van der Waals surface area contributed by atoms with E-state index in [0.29, 0.717) is 0 Å². The lowest BCUT2D eigenvalue weighted by Gasteiger charge is -2.21. The summed E-state index contributed by atoms with van der Waals surface area (Å²) in [6.45, 7) is 7.88. The molecule has 0 aliphatic heterocycles. The fourth-order valence-electron chi connectivity index (χ4n) is 2.04. The molecular formula is C14H21NO2. The Morgan fingerprint density at radius 1 is 1.29 bits per heavy atom. The molecule has 0 aliphatic carbocycles. The van der Waals surface area contributed by atoms with E-state index in [9.17, 15) is 4.79 Å². The van der Waals surface area contributed by atoms with Gasteiger partial charge < -0.3 is 5.11 Å². The first-order chi connectivity index (χ1) is 8.04. The van der Waals surface area contributed by atoms with Gasteiger partial charge in [-0.2, -0.15) is 0 Å². The number of aryl methyl sites for hydroxylation is 2. The molecule has 0 unspecified atom stereocenters. The zero-order valence-electron chi connectivity index (χ0n) is 10.9. The van der Waals surface area contributed by atoms with Crippen LogP contribution in [0.1, 0.15) is 30.0 Å². The average molecular weight is 235 g/mol. The van der Waals surface area contributed by atoms with E-state index >= 15 is 0 Å². The number of hydrogen-bond acceptors (Lipinski definition) is 2. The van der Waals surface area contributed by atoms with E-state index in [-0.39, 0.29) is 6.54 Å². The maximum atomic E-state index is 10.8. The Kier molecular flexibility index (Phi) is 5.16. The summed E-state index contributed by atoms with van der Waals surface area (Å²) in [6, 6.07) is 6.19. The summed E-state index contributed by atoms with van der Waals surface area (Å²) in [7, 11) is 0. The zero-order chi connectivity index (χ0) is 12.8. The maximum absolute atomic E-state index is 10.8. The van der Waals surface area contributed by atoms with Crippen LogP contribution in [0.15, 0.2) is 18.2 Å². The molecule has 0 aromatic heterocycles. The summed E-state index contributed by atoms with van der Waals surface area (Å²) in [5.41, 5.74) is 3.72. The summed E-state index contributed by atoms with van der Waals surface area (Å²) in [6.07, 6.45) is 0.970. The van der Waals surface area contributed by atoms with E-state index in [0.717, 1.165) is 19.5 Å². The Balaban J connectivity index is 2.81. The molecule has 0 aliphatic rings.